The largest absolute Gasteiger partial charge is 0.508 e. The molecule has 4 nitrogen and oxygen atoms in total. The van der Waals surface area contributed by atoms with Gasteiger partial charge in [-0.05, 0) is 18.2 Å². The van der Waals surface area contributed by atoms with Crippen molar-refractivity contribution in [2.75, 3.05) is 12.4 Å². The van der Waals surface area contributed by atoms with Crippen molar-refractivity contribution in [2.24, 2.45) is 0 Å². The van der Waals surface area contributed by atoms with Crippen LogP contribution in [-0.2, 0) is 6.54 Å². The zero-order valence-corrected chi connectivity index (χ0v) is 10.1. The van der Waals surface area contributed by atoms with Crippen LogP contribution in [0.25, 0.3) is 0 Å². The van der Waals surface area contributed by atoms with Crippen molar-refractivity contribution >= 4 is 5.69 Å². The van der Waals surface area contributed by atoms with Crippen LogP contribution in [0.5, 0.6) is 17.2 Å². The number of hydrogen-bond acceptors (Lipinski definition) is 4. The monoisotopic (exact) mass is 245 g/mol. The highest BCUT2D eigenvalue weighted by molar-refractivity contribution is 5.54. The molecule has 0 spiro atoms. The molecule has 0 aliphatic heterocycles. The summed E-state index contributed by atoms with van der Waals surface area (Å²) in [6.07, 6.45) is 0. The van der Waals surface area contributed by atoms with E-state index in [1.54, 1.807) is 30.3 Å². The Morgan fingerprint density at radius 3 is 2.50 bits per heavy atom. The van der Waals surface area contributed by atoms with E-state index in [2.05, 4.69) is 5.32 Å². The number of benzene rings is 2. The number of hydrogen-bond donors (Lipinski definition) is 3. The van der Waals surface area contributed by atoms with Gasteiger partial charge in [-0.1, -0.05) is 18.2 Å². The van der Waals surface area contributed by atoms with E-state index >= 15 is 0 Å². The summed E-state index contributed by atoms with van der Waals surface area (Å²) in [6.45, 7) is 0.485. The number of anilines is 1. The molecular weight excluding hydrogens is 230 g/mol. The van der Waals surface area contributed by atoms with Gasteiger partial charge in [0.1, 0.15) is 5.75 Å². The second-order valence-electron chi connectivity index (χ2n) is 3.87. The van der Waals surface area contributed by atoms with Gasteiger partial charge in [-0.25, -0.2) is 0 Å². The number of phenolic OH excluding ortho intramolecular Hbond substituents is 2. The first-order valence-electron chi connectivity index (χ1n) is 5.58. The quantitative estimate of drug-likeness (QED) is 0.775. The van der Waals surface area contributed by atoms with E-state index in [1.807, 2.05) is 12.1 Å². The molecule has 0 aliphatic rings. The molecular formula is C14H15NO3. The summed E-state index contributed by atoms with van der Waals surface area (Å²) < 4.78 is 4.96. The van der Waals surface area contributed by atoms with Crippen LogP contribution in [0.1, 0.15) is 5.56 Å². The molecule has 18 heavy (non-hydrogen) atoms. The van der Waals surface area contributed by atoms with Crippen LogP contribution in [0.4, 0.5) is 5.69 Å². The Morgan fingerprint density at radius 2 is 1.83 bits per heavy atom. The van der Waals surface area contributed by atoms with Crippen molar-refractivity contribution in [2.45, 2.75) is 6.54 Å². The fraction of sp³-hybridized carbons (Fsp3) is 0.143. The van der Waals surface area contributed by atoms with Crippen molar-refractivity contribution in [1.29, 1.82) is 0 Å². The molecule has 0 saturated carbocycles. The normalized spacial score (nSPS) is 10.1. The summed E-state index contributed by atoms with van der Waals surface area (Å²) in [4.78, 5) is 0. The van der Waals surface area contributed by atoms with E-state index < -0.39 is 0 Å². The first kappa shape index (κ1) is 12.1. The van der Waals surface area contributed by atoms with E-state index in [9.17, 15) is 10.2 Å². The Kier molecular flexibility index (Phi) is 3.57. The zero-order valence-electron chi connectivity index (χ0n) is 10.1. The average Bonchev–Trinajstić information content (AvgIpc) is 2.38. The van der Waals surface area contributed by atoms with Crippen molar-refractivity contribution < 1.29 is 14.9 Å². The number of rotatable bonds is 4. The summed E-state index contributed by atoms with van der Waals surface area (Å²) in [5.74, 6) is 0.769. The van der Waals surface area contributed by atoms with Gasteiger partial charge in [-0.3, -0.25) is 0 Å². The minimum Gasteiger partial charge on any atom is -0.508 e. The molecule has 2 aromatic carbocycles. The average molecular weight is 245 g/mol. The molecule has 0 atom stereocenters. The van der Waals surface area contributed by atoms with E-state index in [1.165, 1.54) is 7.11 Å². The van der Waals surface area contributed by atoms with Gasteiger partial charge in [0.15, 0.2) is 11.5 Å². The highest BCUT2D eigenvalue weighted by atomic mass is 16.5. The van der Waals surface area contributed by atoms with E-state index in [-0.39, 0.29) is 11.5 Å². The van der Waals surface area contributed by atoms with Gasteiger partial charge < -0.3 is 20.3 Å². The molecule has 0 aliphatic carbocycles. The predicted octanol–water partition coefficient (Wildman–Crippen LogP) is 2.72. The van der Waals surface area contributed by atoms with Gasteiger partial charge >= 0.3 is 0 Å². The Labute approximate surface area is 105 Å². The molecule has 0 aromatic heterocycles. The Bertz CT molecular complexity index is 540. The van der Waals surface area contributed by atoms with Crippen molar-refractivity contribution in [3.05, 3.63) is 48.0 Å². The lowest BCUT2D eigenvalue weighted by molar-refractivity contribution is 0.373. The maximum atomic E-state index is 9.63. The van der Waals surface area contributed by atoms with E-state index in [4.69, 9.17) is 4.74 Å². The van der Waals surface area contributed by atoms with E-state index in [0.29, 0.717) is 12.3 Å². The molecule has 0 radical (unpaired) electrons. The van der Waals surface area contributed by atoms with Crippen LogP contribution < -0.4 is 10.1 Å². The van der Waals surface area contributed by atoms with Gasteiger partial charge in [0.05, 0.1) is 7.11 Å². The topological polar surface area (TPSA) is 61.7 Å². The number of aromatic hydroxyl groups is 2. The lowest BCUT2D eigenvalue weighted by Gasteiger charge is -2.10. The Balaban J connectivity index is 2.07. The predicted molar refractivity (Wildman–Crippen MR) is 70.1 cm³/mol. The number of ether oxygens (including phenoxy) is 1. The van der Waals surface area contributed by atoms with Crippen molar-refractivity contribution in [3.63, 3.8) is 0 Å². The summed E-state index contributed by atoms with van der Waals surface area (Å²) >= 11 is 0. The number of methoxy groups -OCH3 is 1. The number of para-hydroxylation sites is 1. The smallest absolute Gasteiger partial charge is 0.160 e. The SMILES string of the molecule is COc1ccc(NCc2ccccc2O)cc1O. The molecule has 0 bridgehead atoms. The second kappa shape index (κ2) is 5.31. The van der Waals surface area contributed by atoms with Crippen LogP contribution in [0.2, 0.25) is 0 Å². The molecule has 0 saturated heterocycles. The Hall–Kier alpha value is -2.36. The molecule has 0 heterocycles. The third kappa shape index (κ3) is 2.66. The van der Waals surface area contributed by atoms with Gasteiger partial charge in [0.2, 0.25) is 0 Å². The van der Waals surface area contributed by atoms with Crippen molar-refractivity contribution in [3.8, 4) is 17.2 Å². The molecule has 3 N–H and O–H groups in total. The Morgan fingerprint density at radius 1 is 1.06 bits per heavy atom. The minimum absolute atomic E-state index is 0.0831. The number of phenols is 2. The van der Waals surface area contributed by atoms with Crippen LogP contribution in [0, 0.1) is 0 Å². The highest BCUT2D eigenvalue weighted by Gasteiger charge is 2.03. The lowest BCUT2D eigenvalue weighted by atomic mass is 10.2. The van der Waals surface area contributed by atoms with Gasteiger partial charge in [0.25, 0.3) is 0 Å². The molecule has 4 heteroatoms. The zero-order chi connectivity index (χ0) is 13.0. The molecule has 2 aromatic rings. The van der Waals surface area contributed by atoms with Gasteiger partial charge in [0, 0.05) is 23.9 Å². The highest BCUT2D eigenvalue weighted by Crippen LogP contribution is 2.29. The van der Waals surface area contributed by atoms with Crippen LogP contribution in [-0.4, -0.2) is 17.3 Å². The van der Waals surface area contributed by atoms with Crippen LogP contribution >= 0.6 is 0 Å². The summed E-state index contributed by atoms with van der Waals surface area (Å²) in [7, 11) is 1.50. The molecule has 0 unspecified atom stereocenters. The fourth-order valence-electron chi connectivity index (χ4n) is 1.66. The molecule has 0 fully saturated rings. The summed E-state index contributed by atoms with van der Waals surface area (Å²) in [5.41, 5.74) is 1.56. The standard InChI is InChI=1S/C14H15NO3/c1-18-14-7-6-11(8-13(14)17)15-9-10-4-2-3-5-12(10)16/h2-8,15-17H,9H2,1H3. The maximum absolute atomic E-state index is 9.63. The molecule has 0 amide bonds. The third-order valence-corrected chi connectivity index (χ3v) is 2.65. The molecule has 2 rings (SSSR count). The number of nitrogens with one attached hydrogen (secondary N) is 1. The second-order valence-corrected chi connectivity index (χ2v) is 3.87. The van der Waals surface area contributed by atoms with Gasteiger partial charge in [-0.2, -0.15) is 0 Å². The maximum Gasteiger partial charge on any atom is 0.160 e. The van der Waals surface area contributed by atoms with E-state index in [0.717, 1.165) is 11.3 Å². The third-order valence-electron chi connectivity index (χ3n) is 2.65. The fourth-order valence-corrected chi connectivity index (χ4v) is 1.66. The minimum atomic E-state index is 0.0831. The lowest BCUT2D eigenvalue weighted by Crippen LogP contribution is -1.99. The van der Waals surface area contributed by atoms with Crippen LogP contribution in [0.15, 0.2) is 42.5 Å². The molecule has 94 valence electrons. The van der Waals surface area contributed by atoms with Gasteiger partial charge in [-0.15, -0.1) is 0 Å². The summed E-state index contributed by atoms with van der Waals surface area (Å²) in [6, 6.07) is 12.2. The first-order chi connectivity index (χ1) is 8.70. The van der Waals surface area contributed by atoms with Crippen molar-refractivity contribution in [1.82, 2.24) is 0 Å². The summed E-state index contributed by atoms with van der Waals surface area (Å²) in [5, 5.41) is 22.4. The van der Waals surface area contributed by atoms with Crippen LogP contribution in [0.3, 0.4) is 0 Å². The first-order valence-corrected chi connectivity index (χ1v) is 5.58.